The molecule has 1 atom stereocenters. The minimum absolute atomic E-state index is 0.156. The molecule has 84 valence electrons. The van der Waals surface area contributed by atoms with Gasteiger partial charge in [0, 0.05) is 10.0 Å². The second kappa shape index (κ2) is 4.51. The Morgan fingerprint density at radius 1 is 1.47 bits per heavy atom. The van der Waals surface area contributed by atoms with Crippen LogP contribution in [-0.2, 0) is 0 Å². The Morgan fingerprint density at radius 3 is 2.53 bits per heavy atom. The van der Waals surface area contributed by atoms with Gasteiger partial charge in [-0.2, -0.15) is 0 Å². The van der Waals surface area contributed by atoms with E-state index in [1.54, 1.807) is 0 Å². The van der Waals surface area contributed by atoms with Crippen LogP contribution in [0.3, 0.4) is 0 Å². The van der Waals surface area contributed by atoms with E-state index in [2.05, 4.69) is 15.9 Å². The second-order valence-corrected chi connectivity index (χ2v) is 3.89. The number of benzene rings is 1. The van der Waals surface area contributed by atoms with E-state index in [1.807, 2.05) is 0 Å². The summed E-state index contributed by atoms with van der Waals surface area (Å²) in [7, 11) is 0. The van der Waals surface area contributed by atoms with Crippen LogP contribution in [0.1, 0.15) is 11.6 Å². The third-order valence-electron chi connectivity index (χ3n) is 1.98. The highest BCUT2D eigenvalue weighted by Crippen LogP contribution is 2.34. The molecule has 0 aliphatic rings. The highest BCUT2D eigenvalue weighted by atomic mass is 79.9. The van der Waals surface area contributed by atoms with Crippen molar-refractivity contribution in [2.75, 3.05) is 6.61 Å². The van der Waals surface area contributed by atoms with E-state index >= 15 is 0 Å². The summed E-state index contributed by atoms with van der Waals surface area (Å²) >= 11 is 2.93. The smallest absolute Gasteiger partial charge is 0.289 e. The first kappa shape index (κ1) is 12.5. The summed E-state index contributed by atoms with van der Waals surface area (Å²) in [5, 5.41) is 8.44. The monoisotopic (exact) mass is 283 g/mol. The molecule has 0 saturated carbocycles. The fraction of sp³-hybridized carbons (Fsp3) is 0.333. The summed E-state index contributed by atoms with van der Waals surface area (Å²) in [5.74, 6) is -4.38. The van der Waals surface area contributed by atoms with Crippen molar-refractivity contribution in [1.82, 2.24) is 0 Å². The zero-order chi connectivity index (χ0) is 11.6. The van der Waals surface area contributed by atoms with Gasteiger partial charge in [-0.15, -0.1) is 0 Å². The van der Waals surface area contributed by atoms with Crippen LogP contribution in [0.4, 0.5) is 13.2 Å². The van der Waals surface area contributed by atoms with Gasteiger partial charge in [0.15, 0.2) is 0 Å². The largest absolute Gasteiger partial charge is 0.390 e. The molecule has 0 heterocycles. The third-order valence-corrected chi connectivity index (χ3v) is 2.67. The maximum Gasteiger partial charge on any atom is 0.289 e. The first-order chi connectivity index (χ1) is 6.90. The van der Waals surface area contributed by atoms with Gasteiger partial charge in [0.2, 0.25) is 0 Å². The van der Waals surface area contributed by atoms with Gasteiger partial charge in [-0.3, -0.25) is 0 Å². The van der Waals surface area contributed by atoms with Crippen molar-refractivity contribution in [2.45, 2.75) is 12.0 Å². The number of hydrogen-bond acceptors (Lipinski definition) is 2. The number of alkyl halides is 2. The summed E-state index contributed by atoms with van der Waals surface area (Å²) in [6.07, 6.45) is 0. The number of aliphatic hydroxyl groups is 1. The summed E-state index contributed by atoms with van der Waals surface area (Å²) < 4.78 is 39.5. The van der Waals surface area contributed by atoms with Crippen LogP contribution in [0, 0.1) is 5.82 Å². The molecule has 1 rings (SSSR count). The van der Waals surface area contributed by atoms with Crippen LogP contribution in [0.25, 0.3) is 0 Å². The Balaban J connectivity index is 3.16. The van der Waals surface area contributed by atoms with Crippen LogP contribution >= 0.6 is 15.9 Å². The zero-order valence-corrected chi connectivity index (χ0v) is 9.14. The van der Waals surface area contributed by atoms with Crippen LogP contribution in [0.15, 0.2) is 22.7 Å². The Morgan fingerprint density at radius 2 is 2.07 bits per heavy atom. The molecule has 0 saturated heterocycles. The maximum absolute atomic E-state index is 13.2. The van der Waals surface area contributed by atoms with Crippen LogP contribution in [0.2, 0.25) is 0 Å². The molecule has 6 heteroatoms. The highest BCUT2D eigenvalue weighted by molar-refractivity contribution is 9.10. The van der Waals surface area contributed by atoms with Gasteiger partial charge in [0.25, 0.3) is 5.92 Å². The molecule has 15 heavy (non-hydrogen) atoms. The average molecular weight is 284 g/mol. The molecule has 3 N–H and O–H groups in total. The molecular formula is C9H9BrF3NO. The van der Waals surface area contributed by atoms with E-state index in [0.717, 1.165) is 6.07 Å². The van der Waals surface area contributed by atoms with Crippen molar-refractivity contribution in [3.8, 4) is 0 Å². The lowest BCUT2D eigenvalue weighted by atomic mass is 10.0. The lowest BCUT2D eigenvalue weighted by Gasteiger charge is -2.22. The Labute approximate surface area is 93.0 Å². The van der Waals surface area contributed by atoms with Gasteiger partial charge in [-0.25, -0.2) is 13.2 Å². The van der Waals surface area contributed by atoms with Crippen LogP contribution in [0.5, 0.6) is 0 Å². The standard InChI is InChI=1S/C9H9BrF3NO/c10-5-2-1-3-6(11)7(5)8(14)9(12,13)4-15/h1-3,8,15H,4,14H2/t8-/m1/s1. The van der Waals surface area contributed by atoms with Crippen molar-refractivity contribution in [1.29, 1.82) is 0 Å². The molecule has 0 aliphatic carbocycles. The average Bonchev–Trinajstić information content (AvgIpc) is 2.17. The van der Waals surface area contributed by atoms with Gasteiger partial charge in [-0.05, 0) is 12.1 Å². The zero-order valence-electron chi connectivity index (χ0n) is 7.55. The van der Waals surface area contributed by atoms with E-state index in [9.17, 15) is 13.2 Å². The van der Waals surface area contributed by atoms with Gasteiger partial charge in [-0.1, -0.05) is 22.0 Å². The van der Waals surface area contributed by atoms with Crippen molar-refractivity contribution in [3.05, 3.63) is 34.1 Å². The number of hydrogen-bond donors (Lipinski definition) is 2. The molecule has 0 aliphatic heterocycles. The summed E-state index contributed by atoms with van der Waals surface area (Å²) in [6.45, 7) is -1.42. The minimum Gasteiger partial charge on any atom is -0.390 e. The normalized spacial score (nSPS) is 14.0. The number of rotatable bonds is 3. The Bertz CT molecular complexity index is 339. The third kappa shape index (κ3) is 2.50. The molecule has 0 bridgehead atoms. The van der Waals surface area contributed by atoms with E-state index in [-0.39, 0.29) is 10.0 Å². The Hall–Kier alpha value is -0.590. The first-order valence-corrected chi connectivity index (χ1v) is 4.87. The van der Waals surface area contributed by atoms with Gasteiger partial charge in [0.05, 0.1) is 0 Å². The van der Waals surface area contributed by atoms with Crippen molar-refractivity contribution >= 4 is 15.9 Å². The van der Waals surface area contributed by atoms with E-state index in [1.165, 1.54) is 12.1 Å². The van der Waals surface area contributed by atoms with E-state index < -0.39 is 24.4 Å². The highest BCUT2D eigenvalue weighted by Gasteiger charge is 2.39. The SMILES string of the molecule is N[C@H](c1c(F)cccc1Br)C(F)(F)CO. The molecule has 0 unspecified atom stereocenters. The van der Waals surface area contributed by atoms with Gasteiger partial charge in [0.1, 0.15) is 18.5 Å². The molecule has 1 aromatic carbocycles. The number of aliphatic hydroxyl groups excluding tert-OH is 1. The first-order valence-electron chi connectivity index (χ1n) is 4.08. The molecule has 0 fully saturated rings. The second-order valence-electron chi connectivity index (χ2n) is 3.03. The van der Waals surface area contributed by atoms with Gasteiger partial charge < -0.3 is 10.8 Å². The fourth-order valence-corrected chi connectivity index (χ4v) is 1.71. The number of nitrogens with two attached hydrogens (primary N) is 1. The molecule has 2 nitrogen and oxygen atoms in total. The maximum atomic E-state index is 13.2. The summed E-state index contributed by atoms with van der Waals surface area (Å²) in [4.78, 5) is 0. The summed E-state index contributed by atoms with van der Waals surface area (Å²) in [5.41, 5.74) is 4.87. The van der Waals surface area contributed by atoms with Crippen molar-refractivity contribution in [3.63, 3.8) is 0 Å². The number of halogens is 4. The topological polar surface area (TPSA) is 46.2 Å². The molecular weight excluding hydrogens is 275 g/mol. The predicted molar refractivity (Wildman–Crippen MR) is 53.1 cm³/mol. The molecule has 1 aromatic rings. The molecule has 0 amide bonds. The van der Waals surface area contributed by atoms with Crippen LogP contribution < -0.4 is 5.73 Å². The summed E-state index contributed by atoms with van der Waals surface area (Å²) in [6, 6.07) is 1.93. The molecule has 0 aromatic heterocycles. The molecule has 0 radical (unpaired) electrons. The minimum atomic E-state index is -3.55. The van der Waals surface area contributed by atoms with Crippen LogP contribution in [-0.4, -0.2) is 17.6 Å². The van der Waals surface area contributed by atoms with Crippen molar-refractivity contribution in [2.24, 2.45) is 5.73 Å². The van der Waals surface area contributed by atoms with Crippen molar-refractivity contribution < 1.29 is 18.3 Å². The lowest BCUT2D eigenvalue weighted by Crippen LogP contribution is -2.37. The quantitative estimate of drug-likeness (QED) is 0.894. The van der Waals surface area contributed by atoms with Gasteiger partial charge >= 0.3 is 0 Å². The molecule has 0 spiro atoms. The predicted octanol–water partition coefficient (Wildman–Crippen LogP) is 2.22. The van der Waals surface area contributed by atoms with E-state index in [0.29, 0.717) is 0 Å². The van der Waals surface area contributed by atoms with E-state index in [4.69, 9.17) is 10.8 Å². The Kier molecular flexibility index (Phi) is 3.75. The fourth-order valence-electron chi connectivity index (χ4n) is 1.12. The lowest BCUT2D eigenvalue weighted by molar-refractivity contribution is -0.0720.